The van der Waals surface area contributed by atoms with E-state index in [1.54, 1.807) is 42.5 Å². The van der Waals surface area contributed by atoms with Crippen LogP contribution in [0, 0.1) is 0 Å². The van der Waals surface area contributed by atoms with Gasteiger partial charge >= 0.3 is 0 Å². The smallest absolute Gasteiger partial charge is 0.214 e. The fraction of sp³-hybridized carbons (Fsp3) is 0.0909. The van der Waals surface area contributed by atoms with E-state index in [1.807, 2.05) is 24.3 Å². The van der Waals surface area contributed by atoms with Crippen LogP contribution in [-0.2, 0) is 19.2 Å². The van der Waals surface area contributed by atoms with Crippen molar-refractivity contribution in [2.24, 2.45) is 0 Å². The van der Waals surface area contributed by atoms with Crippen LogP contribution in [0.2, 0.25) is 0 Å². The molecule has 0 radical (unpaired) electrons. The Kier molecular flexibility index (Phi) is 4.32. The number of fused-ring (bicyclic) bond motifs is 1. The van der Waals surface area contributed by atoms with E-state index in [2.05, 4.69) is 15.9 Å². The fourth-order valence-corrected chi connectivity index (χ4v) is 3.72. The molecule has 1 aliphatic rings. The number of hydrogen-bond acceptors (Lipinski definition) is 4. The van der Waals surface area contributed by atoms with Crippen molar-refractivity contribution in [3.8, 4) is 0 Å². The molecular formula is C22H13BrO4. The van der Waals surface area contributed by atoms with Gasteiger partial charge in [-0.2, -0.15) is 0 Å². The van der Waals surface area contributed by atoms with E-state index in [1.165, 1.54) is 0 Å². The van der Waals surface area contributed by atoms with E-state index in [9.17, 15) is 19.2 Å². The standard InChI is InChI=1S/C22H13BrO4/c23-16-9-7-13(8-10-16)17-19(24)21(26)18(22(27)20(17)25)15-6-5-12-3-1-2-4-14(12)11-15/h1-11,17-18H. The molecule has 4 nitrogen and oxygen atoms in total. The third kappa shape index (κ3) is 2.94. The number of carbonyl (C=O) groups is 4. The lowest BCUT2D eigenvalue weighted by molar-refractivity contribution is -0.151. The molecule has 0 heterocycles. The normalized spacial score (nSPS) is 20.3. The van der Waals surface area contributed by atoms with Gasteiger partial charge in [-0.1, -0.05) is 64.5 Å². The van der Waals surface area contributed by atoms with Gasteiger partial charge in [0.2, 0.25) is 23.1 Å². The third-order valence-corrected chi connectivity index (χ3v) is 5.37. The molecule has 3 aromatic rings. The van der Waals surface area contributed by atoms with Gasteiger partial charge in [0, 0.05) is 4.47 Å². The molecule has 1 fully saturated rings. The van der Waals surface area contributed by atoms with E-state index in [-0.39, 0.29) is 0 Å². The Hall–Kier alpha value is -2.92. The molecule has 0 saturated heterocycles. The Bertz CT molecular complexity index is 1090. The van der Waals surface area contributed by atoms with E-state index >= 15 is 0 Å². The Labute approximate surface area is 163 Å². The van der Waals surface area contributed by atoms with Crippen LogP contribution >= 0.6 is 15.9 Å². The van der Waals surface area contributed by atoms with E-state index in [0.29, 0.717) is 11.1 Å². The lowest BCUT2D eigenvalue weighted by atomic mass is 9.72. The number of benzene rings is 3. The summed E-state index contributed by atoms with van der Waals surface area (Å²) >= 11 is 3.28. The van der Waals surface area contributed by atoms with Crippen LogP contribution in [0.4, 0.5) is 0 Å². The molecule has 0 spiro atoms. The van der Waals surface area contributed by atoms with Crippen molar-refractivity contribution in [3.05, 3.63) is 82.3 Å². The van der Waals surface area contributed by atoms with Gasteiger partial charge in [-0.3, -0.25) is 19.2 Å². The van der Waals surface area contributed by atoms with Crippen molar-refractivity contribution in [2.45, 2.75) is 11.8 Å². The predicted octanol–water partition coefficient (Wildman–Crippen LogP) is 3.76. The quantitative estimate of drug-likeness (QED) is 0.467. The maximum Gasteiger partial charge on any atom is 0.214 e. The van der Waals surface area contributed by atoms with E-state index in [0.717, 1.165) is 15.2 Å². The molecule has 0 atom stereocenters. The van der Waals surface area contributed by atoms with Crippen molar-refractivity contribution < 1.29 is 19.2 Å². The average Bonchev–Trinajstić information content (AvgIpc) is 2.68. The van der Waals surface area contributed by atoms with Gasteiger partial charge in [-0.05, 0) is 40.1 Å². The van der Waals surface area contributed by atoms with Gasteiger partial charge in [-0.25, -0.2) is 0 Å². The molecule has 5 heteroatoms. The highest BCUT2D eigenvalue weighted by atomic mass is 79.9. The van der Waals surface area contributed by atoms with Crippen molar-refractivity contribution in [3.63, 3.8) is 0 Å². The minimum absolute atomic E-state index is 0.354. The van der Waals surface area contributed by atoms with Gasteiger partial charge < -0.3 is 0 Å². The molecule has 1 aliphatic carbocycles. The Morgan fingerprint density at radius 2 is 1.04 bits per heavy atom. The second kappa shape index (κ2) is 6.67. The summed E-state index contributed by atoms with van der Waals surface area (Å²) < 4.78 is 0.772. The summed E-state index contributed by atoms with van der Waals surface area (Å²) in [6.45, 7) is 0. The van der Waals surface area contributed by atoms with E-state index < -0.39 is 35.0 Å². The number of carbonyl (C=O) groups excluding carboxylic acids is 4. The molecule has 0 aromatic heterocycles. The van der Waals surface area contributed by atoms with Gasteiger partial charge in [0.1, 0.15) is 11.8 Å². The summed E-state index contributed by atoms with van der Waals surface area (Å²) in [6.07, 6.45) is 0. The number of hydrogen-bond donors (Lipinski definition) is 0. The zero-order valence-electron chi connectivity index (χ0n) is 14.0. The number of rotatable bonds is 2. The second-order valence-corrected chi connectivity index (χ2v) is 7.40. The third-order valence-electron chi connectivity index (χ3n) is 4.84. The topological polar surface area (TPSA) is 68.3 Å². The summed E-state index contributed by atoms with van der Waals surface area (Å²) in [7, 11) is 0. The molecule has 0 N–H and O–H groups in total. The van der Waals surface area contributed by atoms with Gasteiger partial charge in [0.15, 0.2) is 0 Å². The van der Waals surface area contributed by atoms with Crippen molar-refractivity contribution in [2.75, 3.05) is 0 Å². The number of halogens is 1. The van der Waals surface area contributed by atoms with Crippen molar-refractivity contribution >= 4 is 49.8 Å². The summed E-state index contributed by atoms with van der Waals surface area (Å²) in [5.74, 6) is -6.04. The van der Waals surface area contributed by atoms with Crippen LogP contribution in [0.5, 0.6) is 0 Å². The molecule has 1 saturated carbocycles. The first-order valence-electron chi connectivity index (χ1n) is 8.37. The van der Waals surface area contributed by atoms with Gasteiger partial charge in [0.25, 0.3) is 0 Å². The summed E-state index contributed by atoms with van der Waals surface area (Å²) in [5, 5.41) is 1.79. The zero-order chi connectivity index (χ0) is 19.1. The highest BCUT2D eigenvalue weighted by Crippen LogP contribution is 2.33. The molecule has 27 heavy (non-hydrogen) atoms. The molecular weight excluding hydrogens is 408 g/mol. The summed E-state index contributed by atoms with van der Waals surface area (Å²) in [5.41, 5.74) is 0.728. The fourth-order valence-electron chi connectivity index (χ4n) is 3.46. The maximum atomic E-state index is 12.7. The maximum absolute atomic E-state index is 12.7. The molecule has 0 amide bonds. The van der Waals surface area contributed by atoms with Crippen LogP contribution in [0.25, 0.3) is 10.8 Å². The highest BCUT2D eigenvalue weighted by Gasteiger charge is 2.49. The molecule has 132 valence electrons. The van der Waals surface area contributed by atoms with Crippen molar-refractivity contribution in [1.82, 2.24) is 0 Å². The van der Waals surface area contributed by atoms with Crippen LogP contribution in [0.15, 0.2) is 71.2 Å². The van der Waals surface area contributed by atoms with Crippen LogP contribution < -0.4 is 0 Å². The first kappa shape index (κ1) is 17.5. The minimum Gasteiger partial charge on any atom is -0.290 e. The second-order valence-electron chi connectivity index (χ2n) is 6.48. The number of Topliss-reactive ketones (excluding diaryl/α,β-unsaturated/α-hetero) is 4. The Morgan fingerprint density at radius 3 is 1.63 bits per heavy atom. The van der Waals surface area contributed by atoms with Gasteiger partial charge in [0.05, 0.1) is 0 Å². The first-order chi connectivity index (χ1) is 13.0. The predicted molar refractivity (Wildman–Crippen MR) is 104 cm³/mol. The molecule has 0 bridgehead atoms. The van der Waals surface area contributed by atoms with Crippen molar-refractivity contribution in [1.29, 1.82) is 0 Å². The largest absolute Gasteiger partial charge is 0.290 e. The van der Waals surface area contributed by atoms with Crippen LogP contribution in [-0.4, -0.2) is 23.1 Å². The molecule has 4 rings (SSSR count). The lowest BCUT2D eigenvalue weighted by Gasteiger charge is -2.24. The average molecular weight is 421 g/mol. The lowest BCUT2D eigenvalue weighted by Crippen LogP contribution is -2.46. The Morgan fingerprint density at radius 1 is 0.556 bits per heavy atom. The SMILES string of the molecule is O=C1C(=O)C(c2ccc3ccccc3c2)C(=O)C(=O)C1c1ccc(Br)cc1. The first-order valence-corrected chi connectivity index (χ1v) is 9.17. The zero-order valence-corrected chi connectivity index (χ0v) is 15.6. The monoisotopic (exact) mass is 420 g/mol. The molecule has 3 aromatic carbocycles. The van der Waals surface area contributed by atoms with Crippen LogP contribution in [0.3, 0.4) is 0 Å². The summed E-state index contributed by atoms with van der Waals surface area (Å²) in [6, 6.07) is 19.1. The highest BCUT2D eigenvalue weighted by molar-refractivity contribution is 9.10. The summed E-state index contributed by atoms with van der Waals surface area (Å²) in [4.78, 5) is 50.8. The Balaban J connectivity index is 1.75. The minimum atomic E-state index is -1.36. The van der Waals surface area contributed by atoms with Gasteiger partial charge in [-0.15, -0.1) is 0 Å². The van der Waals surface area contributed by atoms with E-state index in [4.69, 9.17) is 0 Å². The molecule has 0 aliphatic heterocycles. The number of ketones is 4. The molecule has 0 unspecified atom stereocenters. The van der Waals surface area contributed by atoms with Crippen LogP contribution in [0.1, 0.15) is 23.0 Å².